The van der Waals surface area contributed by atoms with Gasteiger partial charge in [-0.3, -0.25) is 0 Å². The molecule has 0 bridgehead atoms. The fraction of sp³-hybridized carbons (Fsp3) is 0.409. The minimum atomic E-state index is -4.41. The Balaban J connectivity index is 1.74. The molecule has 3 aromatic rings. The summed E-state index contributed by atoms with van der Waals surface area (Å²) in [6, 6.07) is 9.28. The smallest absolute Gasteiger partial charge is 0.416 e. The predicted octanol–water partition coefficient (Wildman–Crippen LogP) is 4.84. The Kier molecular flexibility index (Phi) is 5.60. The summed E-state index contributed by atoms with van der Waals surface area (Å²) < 4.78 is 57.9. The minimum Gasteiger partial charge on any atom is -0.493 e. The van der Waals surface area contributed by atoms with Crippen LogP contribution in [-0.2, 0) is 23.9 Å². The highest BCUT2D eigenvalue weighted by atomic mass is 19.4. The van der Waals surface area contributed by atoms with E-state index in [0.717, 1.165) is 30.5 Å². The monoisotopic (exact) mass is 420 g/mol. The van der Waals surface area contributed by atoms with Crippen LogP contribution in [0, 0.1) is 0 Å². The molecule has 1 aliphatic heterocycles. The van der Waals surface area contributed by atoms with Crippen molar-refractivity contribution in [2.45, 2.75) is 38.1 Å². The number of fused-ring (bicyclic) bond motifs is 1. The van der Waals surface area contributed by atoms with E-state index in [0.29, 0.717) is 47.9 Å². The van der Waals surface area contributed by atoms with Crippen LogP contribution in [0.4, 0.5) is 13.2 Å². The van der Waals surface area contributed by atoms with Gasteiger partial charge in [0.15, 0.2) is 11.5 Å². The maximum absolute atomic E-state index is 13.2. The minimum absolute atomic E-state index is 0.0360. The molecule has 1 unspecified atom stereocenters. The van der Waals surface area contributed by atoms with Crippen molar-refractivity contribution in [1.82, 2.24) is 9.55 Å². The van der Waals surface area contributed by atoms with Crippen molar-refractivity contribution in [3.63, 3.8) is 0 Å². The number of benzene rings is 2. The van der Waals surface area contributed by atoms with Crippen molar-refractivity contribution in [3.05, 3.63) is 53.3 Å². The van der Waals surface area contributed by atoms with E-state index in [1.807, 2.05) is 22.8 Å². The molecular weight excluding hydrogens is 397 g/mol. The van der Waals surface area contributed by atoms with Gasteiger partial charge < -0.3 is 18.8 Å². The summed E-state index contributed by atoms with van der Waals surface area (Å²) in [4.78, 5) is 4.56. The molecule has 2 heterocycles. The summed E-state index contributed by atoms with van der Waals surface area (Å²) in [7, 11) is 3.13. The predicted molar refractivity (Wildman–Crippen MR) is 106 cm³/mol. The quantitative estimate of drug-likeness (QED) is 0.572. The third kappa shape index (κ3) is 4.09. The molecule has 0 saturated carbocycles. The molecule has 0 radical (unpaired) electrons. The van der Waals surface area contributed by atoms with Crippen molar-refractivity contribution in [2.24, 2.45) is 0 Å². The molecule has 0 N–H and O–H groups in total. The Bertz CT molecular complexity index is 1040. The van der Waals surface area contributed by atoms with Crippen LogP contribution in [0.2, 0.25) is 0 Å². The molecule has 2 aromatic carbocycles. The van der Waals surface area contributed by atoms with E-state index in [1.165, 1.54) is 6.07 Å². The Morgan fingerprint density at radius 3 is 2.57 bits per heavy atom. The summed E-state index contributed by atoms with van der Waals surface area (Å²) in [6.07, 6.45) is -2.01. The zero-order valence-corrected chi connectivity index (χ0v) is 16.8. The first-order valence-corrected chi connectivity index (χ1v) is 9.78. The van der Waals surface area contributed by atoms with E-state index in [-0.39, 0.29) is 6.10 Å². The standard InChI is InChI=1S/C22H23F3N2O3/c1-28-19-8-5-14(10-20(19)29-2)11-21-26-17-12-15(22(23,24)25)6-7-18(17)27(21)13-16-4-3-9-30-16/h5-8,10,12,16H,3-4,9,11,13H2,1-2H3. The molecule has 0 amide bonds. The lowest BCUT2D eigenvalue weighted by molar-refractivity contribution is -0.137. The molecule has 1 atom stereocenters. The molecule has 0 aliphatic carbocycles. The van der Waals surface area contributed by atoms with Gasteiger partial charge in [0, 0.05) is 13.0 Å². The van der Waals surface area contributed by atoms with Crippen molar-refractivity contribution < 1.29 is 27.4 Å². The van der Waals surface area contributed by atoms with Gasteiger partial charge >= 0.3 is 6.18 Å². The summed E-state index contributed by atoms with van der Waals surface area (Å²) in [5.74, 6) is 1.90. The fourth-order valence-electron chi connectivity index (χ4n) is 3.86. The SMILES string of the molecule is COc1ccc(Cc2nc3cc(C(F)(F)F)ccc3n2CC2CCCO2)cc1OC. The van der Waals surface area contributed by atoms with Crippen LogP contribution < -0.4 is 9.47 Å². The van der Waals surface area contributed by atoms with Gasteiger partial charge in [-0.25, -0.2) is 4.98 Å². The van der Waals surface area contributed by atoms with E-state index in [9.17, 15) is 13.2 Å². The number of imidazole rings is 1. The molecule has 1 saturated heterocycles. The molecule has 1 aliphatic rings. The first kappa shape index (κ1) is 20.5. The summed E-state index contributed by atoms with van der Waals surface area (Å²) in [5, 5.41) is 0. The molecule has 1 fully saturated rings. The van der Waals surface area contributed by atoms with Crippen LogP contribution in [0.25, 0.3) is 11.0 Å². The van der Waals surface area contributed by atoms with Crippen LogP contribution >= 0.6 is 0 Å². The van der Waals surface area contributed by atoms with Gasteiger partial charge in [-0.2, -0.15) is 13.2 Å². The number of ether oxygens (including phenoxy) is 3. The number of hydrogen-bond acceptors (Lipinski definition) is 4. The molecular formula is C22H23F3N2O3. The highest BCUT2D eigenvalue weighted by molar-refractivity contribution is 5.77. The summed E-state index contributed by atoms with van der Waals surface area (Å²) >= 11 is 0. The summed E-state index contributed by atoms with van der Waals surface area (Å²) in [6.45, 7) is 1.27. The van der Waals surface area contributed by atoms with E-state index in [4.69, 9.17) is 14.2 Å². The first-order chi connectivity index (χ1) is 14.4. The van der Waals surface area contributed by atoms with Crippen LogP contribution in [0.3, 0.4) is 0 Å². The largest absolute Gasteiger partial charge is 0.493 e. The lowest BCUT2D eigenvalue weighted by atomic mass is 10.1. The number of rotatable bonds is 6. The highest BCUT2D eigenvalue weighted by Crippen LogP contribution is 2.33. The average Bonchev–Trinajstić information content (AvgIpc) is 3.35. The molecule has 4 rings (SSSR count). The number of alkyl halides is 3. The highest BCUT2D eigenvalue weighted by Gasteiger charge is 2.31. The van der Waals surface area contributed by atoms with Gasteiger partial charge in [0.2, 0.25) is 0 Å². The lowest BCUT2D eigenvalue weighted by Gasteiger charge is -2.15. The first-order valence-electron chi connectivity index (χ1n) is 9.78. The van der Waals surface area contributed by atoms with Crippen LogP contribution in [-0.4, -0.2) is 36.5 Å². The normalized spacial score (nSPS) is 16.9. The number of methoxy groups -OCH3 is 2. The van der Waals surface area contributed by atoms with Crippen molar-refractivity contribution >= 4 is 11.0 Å². The molecule has 160 valence electrons. The summed E-state index contributed by atoms with van der Waals surface area (Å²) in [5.41, 5.74) is 1.23. The Hall–Kier alpha value is -2.74. The zero-order chi connectivity index (χ0) is 21.3. The maximum Gasteiger partial charge on any atom is 0.416 e. The van der Waals surface area contributed by atoms with Crippen molar-refractivity contribution in [3.8, 4) is 11.5 Å². The molecule has 1 aromatic heterocycles. The van der Waals surface area contributed by atoms with E-state index >= 15 is 0 Å². The van der Waals surface area contributed by atoms with E-state index in [1.54, 1.807) is 14.2 Å². The zero-order valence-electron chi connectivity index (χ0n) is 16.8. The topological polar surface area (TPSA) is 45.5 Å². The van der Waals surface area contributed by atoms with Gasteiger partial charge in [0.25, 0.3) is 0 Å². The van der Waals surface area contributed by atoms with Gasteiger partial charge in [0.1, 0.15) is 5.82 Å². The van der Waals surface area contributed by atoms with Crippen molar-refractivity contribution in [2.75, 3.05) is 20.8 Å². The van der Waals surface area contributed by atoms with E-state index in [2.05, 4.69) is 4.98 Å². The van der Waals surface area contributed by atoms with Gasteiger partial charge in [0.05, 0.1) is 43.5 Å². The second-order valence-electron chi connectivity index (χ2n) is 7.34. The fourth-order valence-corrected chi connectivity index (χ4v) is 3.86. The van der Waals surface area contributed by atoms with Gasteiger partial charge in [-0.15, -0.1) is 0 Å². The van der Waals surface area contributed by atoms with Gasteiger partial charge in [-0.1, -0.05) is 6.07 Å². The Labute approximate surface area is 172 Å². The third-order valence-corrected chi connectivity index (χ3v) is 5.38. The number of aromatic nitrogens is 2. The molecule has 0 spiro atoms. The molecule has 5 nitrogen and oxygen atoms in total. The Morgan fingerprint density at radius 1 is 1.10 bits per heavy atom. The second kappa shape index (κ2) is 8.18. The molecule has 8 heteroatoms. The number of nitrogens with zero attached hydrogens (tertiary/aromatic N) is 2. The van der Waals surface area contributed by atoms with Crippen LogP contribution in [0.1, 0.15) is 29.8 Å². The van der Waals surface area contributed by atoms with E-state index < -0.39 is 11.7 Å². The number of hydrogen-bond donors (Lipinski definition) is 0. The van der Waals surface area contributed by atoms with Gasteiger partial charge in [-0.05, 0) is 48.7 Å². The number of halogens is 3. The van der Waals surface area contributed by atoms with Crippen LogP contribution in [0.5, 0.6) is 11.5 Å². The third-order valence-electron chi connectivity index (χ3n) is 5.38. The van der Waals surface area contributed by atoms with Crippen molar-refractivity contribution in [1.29, 1.82) is 0 Å². The van der Waals surface area contributed by atoms with Crippen LogP contribution in [0.15, 0.2) is 36.4 Å². The lowest BCUT2D eigenvalue weighted by Crippen LogP contribution is -2.17. The molecule has 30 heavy (non-hydrogen) atoms. The second-order valence-corrected chi connectivity index (χ2v) is 7.34. The average molecular weight is 420 g/mol. The Morgan fingerprint density at radius 2 is 1.90 bits per heavy atom. The maximum atomic E-state index is 13.2.